The molecule has 0 N–H and O–H groups in total. The van der Waals surface area contributed by atoms with Crippen molar-refractivity contribution in [2.45, 2.75) is 13.3 Å². The van der Waals surface area contributed by atoms with Crippen LogP contribution in [0.3, 0.4) is 0 Å². The van der Waals surface area contributed by atoms with Crippen molar-refractivity contribution >= 4 is 27.5 Å². The van der Waals surface area contributed by atoms with Gasteiger partial charge >= 0.3 is 0 Å². The maximum Gasteiger partial charge on any atom is 0.258 e. The fourth-order valence-corrected chi connectivity index (χ4v) is 2.91. The number of amides is 1. The van der Waals surface area contributed by atoms with Crippen LogP contribution in [0.4, 0.5) is 10.1 Å². The Kier molecular flexibility index (Phi) is 3.34. The van der Waals surface area contributed by atoms with Crippen molar-refractivity contribution in [2.75, 3.05) is 11.4 Å². The average molecular weight is 334 g/mol. The molecule has 0 atom stereocenters. The zero-order valence-electron chi connectivity index (χ0n) is 11.0. The van der Waals surface area contributed by atoms with Gasteiger partial charge in [0, 0.05) is 17.8 Å². The van der Waals surface area contributed by atoms with E-state index in [-0.39, 0.29) is 11.7 Å². The maximum absolute atomic E-state index is 13.5. The van der Waals surface area contributed by atoms with E-state index in [4.69, 9.17) is 0 Å². The van der Waals surface area contributed by atoms with Crippen LogP contribution in [0.2, 0.25) is 0 Å². The Labute approximate surface area is 125 Å². The van der Waals surface area contributed by atoms with Crippen molar-refractivity contribution in [3.8, 4) is 0 Å². The molecule has 1 amide bonds. The van der Waals surface area contributed by atoms with Gasteiger partial charge in [0.2, 0.25) is 0 Å². The molecule has 102 valence electrons. The number of anilines is 1. The first-order valence-corrected chi connectivity index (χ1v) is 7.22. The lowest BCUT2D eigenvalue weighted by molar-refractivity contribution is 0.0980. The maximum atomic E-state index is 13.5. The van der Waals surface area contributed by atoms with E-state index in [1.54, 1.807) is 11.0 Å². The van der Waals surface area contributed by atoms with Crippen molar-refractivity contribution in [1.29, 1.82) is 0 Å². The van der Waals surface area contributed by atoms with Gasteiger partial charge in [-0.3, -0.25) is 4.79 Å². The van der Waals surface area contributed by atoms with Crippen molar-refractivity contribution in [3.05, 3.63) is 63.4 Å². The van der Waals surface area contributed by atoms with E-state index in [9.17, 15) is 9.18 Å². The summed E-state index contributed by atoms with van der Waals surface area (Å²) in [6.45, 7) is 2.44. The van der Waals surface area contributed by atoms with Gasteiger partial charge in [0.15, 0.2) is 0 Å². The van der Waals surface area contributed by atoms with Gasteiger partial charge < -0.3 is 4.90 Å². The molecule has 2 nitrogen and oxygen atoms in total. The first-order valence-electron chi connectivity index (χ1n) is 6.43. The van der Waals surface area contributed by atoms with E-state index >= 15 is 0 Å². The van der Waals surface area contributed by atoms with Crippen molar-refractivity contribution < 1.29 is 9.18 Å². The van der Waals surface area contributed by atoms with Crippen LogP contribution >= 0.6 is 15.9 Å². The largest absolute Gasteiger partial charge is 0.308 e. The van der Waals surface area contributed by atoms with Gasteiger partial charge in [-0.25, -0.2) is 4.39 Å². The van der Waals surface area contributed by atoms with E-state index in [2.05, 4.69) is 15.9 Å². The minimum atomic E-state index is -0.309. The third-order valence-electron chi connectivity index (χ3n) is 3.63. The van der Waals surface area contributed by atoms with E-state index in [0.717, 1.165) is 28.8 Å². The zero-order chi connectivity index (χ0) is 14.3. The second kappa shape index (κ2) is 5.02. The van der Waals surface area contributed by atoms with Gasteiger partial charge in [-0.1, -0.05) is 18.2 Å². The number of halogens is 2. The highest BCUT2D eigenvalue weighted by atomic mass is 79.9. The smallest absolute Gasteiger partial charge is 0.258 e. The predicted molar refractivity (Wildman–Crippen MR) is 80.7 cm³/mol. The molecule has 0 aliphatic carbocycles. The number of benzene rings is 2. The molecule has 0 aromatic heterocycles. The number of hydrogen-bond acceptors (Lipinski definition) is 1. The summed E-state index contributed by atoms with van der Waals surface area (Å²) in [6, 6.07) is 10.8. The molecule has 20 heavy (non-hydrogen) atoms. The van der Waals surface area contributed by atoms with E-state index in [0.29, 0.717) is 11.0 Å². The SMILES string of the molecule is Cc1cc(F)c(Br)cc1N1CCc2ccccc2C1=O. The minimum absolute atomic E-state index is 0.0199. The van der Waals surface area contributed by atoms with Crippen molar-refractivity contribution in [1.82, 2.24) is 0 Å². The Morgan fingerprint density at radius 1 is 1.25 bits per heavy atom. The summed E-state index contributed by atoms with van der Waals surface area (Å²) in [4.78, 5) is 14.3. The van der Waals surface area contributed by atoms with Gasteiger partial charge in [-0.05, 0) is 58.6 Å². The quantitative estimate of drug-likeness (QED) is 0.769. The molecule has 1 heterocycles. The lowest BCUT2D eigenvalue weighted by atomic mass is 9.98. The monoisotopic (exact) mass is 333 g/mol. The first-order chi connectivity index (χ1) is 9.58. The lowest BCUT2D eigenvalue weighted by Gasteiger charge is -2.30. The van der Waals surface area contributed by atoms with Gasteiger partial charge in [0.05, 0.1) is 4.47 Å². The van der Waals surface area contributed by atoms with E-state index in [1.165, 1.54) is 6.07 Å². The Bertz CT molecular complexity index is 699. The molecule has 0 radical (unpaired) electrons. The minimum Gasteiger partial charge on any atom is -0.308 e. The molecule has 3 rings (SSSR count). The molecular formula is C16H13BrFNO. The molecule has 2 aromatic rings. The number of aryl methyl sites for hydroxylation is 1. The molecule has 0 spiro atoms. The lowest BCUT2D eigenvalue weighted by Crippen LogP contribution is -2.38. The first kappa shape index (κ1) is 13.3. The molecule has 1 aliphatic rings. The average Bonchev–Trinajstić information content (AvgIpc) is 2.44. The number of carbonyl (C=O) groups excluding carboxylic acids is 1. The Hall–Kier alpha value is -1.68. The molecule has 4 heteroatoms. The van der Waals surface area contributed by atoms with Gasteiger partial charge in [-0.15, -0.1) is 0 Å². The van der Waals surface area contributed by atoms with Crippen LogP contribution in [0.5, 0.6) is 0 Å². The highest BCUT2D eigenvalue weighted by molar-refractivity contribution is 9.10. The Morgan fingerprint density at radius 3 is 2.80 bits per heavy atom. The zero-order valence-corrected chi connectivity index (χ0v) is 12.6. The van der Waals surface area contributed by atoms with Crippen LogP contribution in [0.1, 0.15) is 21.5 Å². The summed E-state index contributed by atoms with van der Waals surface area (Å²) in [5.74, 6) is -0.329. The number of hydrogen-bond donors (Lipinski definition) is 0. The van der Waals surface area contributed by atoms with Gasteiger partial charge in [0.25, 0.3) is 5.91 Å². The summed E-state index contributed by atoms with van der Waals surface area (Å²) in [5, 5.41) is 0. The second-order valence-corrected chi connectivity index (χ2v) is 5.77. The molecule has 2 aromatic carbocycles. The standard InChI is InChI=1S/C16H13BrFNO/c1-10-8-14(18)13(17)9-15(10)19-7-6-11-4-2-3-5-12(11)16(19)20/h2-5,8-9H,6-7H2,1H3. The summed E-state index contributed by atoms with van der Waals surface area (Å²) in [5.41, 5.74) is 3.34. The predicted octanol–water partition coefficient (Wildman–Crippen LogP) is 4.10. The molecule has 0 bridgehead atoms. The van der Waals surface area contributed by atoms with Crippen LogP contribution in [0.15, 0.2) is 40.9 Å². The fourth-order valence-electron chi connectivity index (χ4n) is 2.58. The van der Waals surface area contributed by atoms with Crippen LogP contribution in [-0.2, 0) is 6.42 Å². The number of nitrogens with zero attached hydrogens (tertiary/aromatic N) is 1. The Morgan fingerprint density at radius 2 is 2.00 bits per heavy atom. The molecule has 0 saturated heterocycles. The summed E-state index contributed by atoms with van der Waals surface area (Å²) in [7, 11) is 0. The normalized spacial score (nSPS) is 14.3. The van der Waals surface area contributed by atoms with Crippen molar-refractivity contribution in [3.63, 3.8) is 0 Å². The van der Waals surface area contributed by atoms with E-state index in [1.807, 2.05) is 31.2 Å². The molecule has 1 aliphatic heterocycles. The molecule has 0 unspecified atom stereocenters. The summed E-state index contributed by atoms with van der Waals surface area (Å²) >= 11 is 3.19. The topological polar surface area (TPSA) is 20.3 Å². The van der Waals surface area contributed by atoms with Crippen LogP contribution in [0.25, 0.3) is 0 Å². The van der Waals surface area contributed by atoms with Crippen LogP contribution in [-0.4, -0.2) is 12.5 Å². The third-order valence-corrected chi connectivity index (χ3v) is 4.24. The number of carbonyl (C=O) groups is 1. The number of rotatable bonds is 1. The Balaban J connectivity index is 2.05. The van der Waals surface area contributed by atoms with Crippen LogP contribution in [0, 0.1) is 12.7 Å². The summed E-state index contributed by atoms with van der Waals surface area (Å²) in [6.07, 6.45) is 0.816. The molecular weight excluding hydrogens is 321 g/mol. The highest BCUT2D eigenvalue weighted by Gasteiger charge is 2.26. The molecule has 0 saturated carbocycles. The van der Waals surface area contributed by atoms with Gasteiger partial charge in [0.1, 0.15) is 5.82 Å². The van der Waals surface area contributed by atoms with E-state index < -0.39 is 0 Å². The van der Waals surface area contributed by atoms with Crippen molar-refractivity contribution in [2.24, 2.45) is 0 Å². The van der Waals surface area contributed by atoms with Gasteiger partial charge in [-0.2, -0.15) is 0 Å². The molecule has 0 fully saturated rings. The fraction of sp³-hybridized carbons (Fsp3) is 0.188. The third kappa shape index (κ3) is 2.14. The second-order valence-electron chi connectivity index (χ2n) is 4.92. The van der Waals surface area contributed by atoms with Crippen LogP contribution < -0.4 is 4.90 Å². The summed E-state index contributed by atoms with van der Waals surface area (Å²) < 4.78 is 13.9. The number of fused-ring (bicyclic) bond motifs is 1. The highest BCUT2D eigenvalue weighted by Crippen LogP contribution is 2.31.